The van der Waals surface area contributed by atoms with E-state index in [1.165, 1.54) is 20.3 Å². The van der Waals surface area contributed by atoms with Crippen LogP contribution in [0.15, 0.2) is 42.5 Å². The van der Waals surface area contributed by atoms with Crippen LogP contribution in [-0.4, -0.2) is 41.3 Å². The predicted molar refractivity (Wildman–Crippen MR) is 102 cm³/mol. The maximum Gasteiger partial charge on any atom is 0.245 e. The second-order valence-corrected chi connectivity index (χ2v) is 7.63. The maximum absolute atomic E-state index is 12.4. The molecule has 0 fully saturated rings. The van der Waals surface area contributed by atoms with Crippen molar-refractivity contribution in [3.63, 3.8) is 0 Å². The molecule has 0 saturated carbocycles. The summed E-state index contributed by atoms with van der Waals surface area (Å²) in [5.74, 6) is 0.303. The highest BCUT2D eigenvalue weighted by molar-refractivity contribution is 7.92. The predicted octanol–water partition coefficient (Wildman–Crippen LogP) is 2.42. The van der Waals surface area contributed by atoms with Gasteiger partial charge in [0.05, 0.1) is 26.2 Å². The van der Waals surface area contributed by atoms with Gasteiger partial charge in [-0.2, -0.15) is 0 Å². The van der Waals surface area contributed by atoms with Crippen LogP contribution in [0.1, 0.15) is 5.56 Å². The average molecular weight is 378 g/mol. The van der Waals surface area contributed by atoms with E-state index in [1.807, 2.05) is 19.1 Å². The topological polar surface area (TPSA) is 84.9 Å². The second-order valence-electron chi connectivity index (χ2n) is 5.72. The Hall–Kier alpha value is -2.74. The number of amides is 1. The largest absolute Gasteiger partial charge is 0.497 e. The zero-order chi connectivity index (χ0) is 19.3. The van der Waals surface area contributed by atoms with E-state index in [4.69, 9.17) is 9.47 Å². The summed E-state index contributed by atoms with van der Waals surface area (Å²) in [7, 11) is -0.831. The van der Waals surface area contributed by atoms with Gasteiger partial charge in [-0.05, 0) is 31.2 Å². The van der Waals surface area contributed by atoms with Gasteiger partial charge in [-0.25, -0.2) is 8.42 Å². The maximum atomic E-state index is 12.4. The SMILES string of the molecule is COc1ccc(OC)c(N(CC(=O)Nc2ccc(C)cc2)S(C)(=O)=O)c1. The van der Waals surface area contributed by atoms with Gasteiger partial charge in [0, 0.05) is 11.8 Å². The van der Waals surface area contributed by atoms with Crippen molar-refractivity contribution >= 4 is 27.3 Å². The summed E-state index contributed by atoms with van der Waals surface area (Å²) < 4.78 is 35.9. The van der Waals surface area contributed by atoms with Gasteiger partial charge < -0.3 is 14.8 Å². The molecule has 0 aliphatic heterocycles. The molecule has 2 rings (SSSR count). The molecule has 0 aliphatic rings. The van der Waals surface area contributed by atoms with E-state index in [9.17, 15) is 13.2 Å². The fraction of sp³-hybridized carbons (Fsp3) is 0.278. The molecule has 0 heterocycles. The van der Waals surface area contributed by atoms with Crippen LogP contribution >= 0.6 is 0 Å². The molecule has 0 aromatic heterocycles. The smallest absolute Gasteiger partial charge is 0.245 e. The van der Waals surface area contributed by atoms with Crippen molar-refractivity contribution in [1.29, 1.82) is 0 Å². The second kappa shape index (κ2) is 8.09. The molecule has 2 aromatic rings. The summed E-state index contributed by atoms with van der Waals surface area (Å²) in [6.07, 6.45) is 1.03. The third-order valence-electron chi connectivity index (χ3n) is 3.68. The number of aryl methyl sites for hydroxylation is 1. The molecule has 0 saturated heterocycles. The molecule has 0 bridgehead atoms. The quantitative estimate of drug-likeness (QED) is 0.800. The summed E-state index contributed by atoms with van der Waals surface area (Å²) in [6.45, 7) is 1.54. The molecule has 1 amide bonds. The molecule has 0 atom stereocenters. The molecule has 8 heteroatoms. The van der Waals surface area contributed by atoms with E-state index in [-0.39, 0.29) is 5.69 Å². The van der Waals surface area contributed by atoms with Gasteiger partial charge in [0.25, 0.3) is 0 Å². The monoisotopic (exact) mass is 378 g/mol. The van der Waals surface area contributed by atoms with Crippen molar-refractivity contribution in [2.75, 3.05) is 36.6 Å². The number of nitrogens with one attached hydrogen (secondary N) is 1. The number of methoxy groups -OCH3 is 2. The molecule has 0 unspecified atom stereocenters. The van der Waals surface area contributed by atoms with Gasteiger partial charge in [0.2, 0.25) is 15.9 Å². The lowest BCUT2D eigenvalue weighted by atomic mass is 10.2. The van der Waals surface area contributed by atoms with Crippen LogP contribution in [0.2, 0.25) is 0 Å². The van der Waals surface area contributed by atoms with Gasteiger partial charge in [-0.1, -0.05) is 17.7 Å². The van der Waals surface area contributed by atoms with Crippen LogP contribution in [0.25, 0.3) is 0 Å². The number of ether oxygens (including phenoxy) is 2. The fourth-order valence-corrected chi connectivity index (χ4v) is 3.19. The Kier molecular flexibility index (Phi) is 6.10. The van der Waals surface area contributed by atoms with E-state index < -0.39 is 22.5 Å². The van der Waals surface area contributed by atoms with E-state index in [0.717, 1.165) is 16.1 Å². The zero-order valence-electron chi connectivity index (χ0n) is 15.1. The molecule has 1 N–H and O–H groups in total. The molecule has 2 aromatic carbocycles. The van der Waals surface area contributed by atoms with Crippen LogP contribution in [0.3, 0.4) is 0 Å². The Bertz CT molecular complexity index is 879. The van der Waals surface area contributed by atoms with Crippen molar-refractivity contribution in [3.8, 4) is 11.5 Å². The van der Waals surface area contributed by atoms with Crippen molar-refractivity contribution in [2.24, 2.45) is 0 Å². The molecule has 140 valence electrons. The number of carbonyl (C=O) groups excluding carboxylic acids is 1. The lowest BCUT2D eigenvalue weighted by Crippen LogP contribution is -2.37. The van der Waals surface area contributed by atoms with Crippen molar-refractivity contribution in [1.82, 2.24) is 0 Å². The minimum atomic E-state index is -3.73. The number of hydrogen-bond acceptors (Lipinski definition) is 5. The van der Waals surface area contributed by atoms with Crippen LogP contribution in [0, 0.1) is 6.92 Å². The Morgan fingerprint density at radius 1 is 1.08 bits per heavy atom. The van der Waals surface area contributed by atoms with E-state index in [0.29, 0.717) is 17.2 Å². The van der Waals surface area contributed by atoms with Crippen molar-refractivity contribution < 1.29 is 22.7 Å². The number of nitrogens with zero attached hydrogens (tertiary/aromatic N) is 1. The number of hydrogen-bond donors (Lipinski definition) is 1. The molecular weight excluding hydrogens is 356 g/mol. The number of carbonyl (C=O) groups is 1. The number of benzene rings is 2. The average Bonchev–Trinajstić information content (AvgIpc) is 2.60. The van der Waals surface area contributed by atoms with Crippen LogP contribution in [0.5, 0.6) is 11.5 Å². The normalized spacial score (nSPS) is 10.9. The van der Waals surface area contributed by atoms with Crippen LogP contribution < -0.4 is 19.1 Å². The lowest BCUT2D eigenvalue weighted by molar-refractivity contribution is -0.114. The zero-order valence-corrected chi connectivity index (χ0v) is 16.0. The molecule has 7 nitrogen and oxygen atoms in total. The summed E-state index contributed by atoms with van der Waals surface area (Å²) >= 11 is 0. The van der Waals surface area contributed by atoms with Gasteiger partial charge >= 0.3 is 0 Å². The van der Waals surface area contributed by atoms with Gasteiger partial charge in [0.1, 0.15) is 18.0 Å². The Morgan fingerprint density at radius 2 is 1.73 bits per heavy atom. The third kappa shape index (κ3) is 4.89. The van der Waals surface area contributed by atoms with Crippen LogP contribution in [-0.2, 0) is 14.8 Å². The highest BCUT2D eigenvalue weighted by Gasteiger charge is 2.24. The van der Waals surface area contributed by atoms with Gasteiger partial charge in [0.15, 0.2) is 0 Å². The molecule has 26 heavy (non-hydrogen) atoms. The first-order valence-electron chi connectivity index (χ1n) is 7.81. The van der Waals surface area contributed by atoms with Gasteiger partial charge in [-0.3, -0.25) is 9.10 Å². The van der Waals surface area contributed by atoms with E-state index >= 15 is 0 Å². The highest BCUT2D eigenvalue weighted by atomic mass is 32.2. The molecule has 0 aliphatic carbocycles. The summed E-state index contributed by atoms with van der Waals surface area (Å²) in [4.78, 5) is 12.4. The fourth-order valence-electron chi connectivity index (χ4n) is 2.34. The number of anilines is 2. The minimum absolute atomic E-state index is 0.230. The minimum Gasteiger partial charge on any atom is -0.497 e. The van der Waals surface area contributed by atoms with Crippen LogP contribution in [0.4, 0.5) is 11.4 Å². The molecular formula is C18H22N2O5S. The Balaban J connectivity index is 2.31. The summed E-state index contributed by atoms with van der Waals surface area (Å²) in [5.41, 5.74) is 1.88. The summed E-state index contributed by atoms with van der Waals surface area (Å²) in [6, 6.07) is 12.0. The van der Waals surface area contributed by atoms with E-state index in [2.05, 4.69) is 5.32 Å². The third-order valence-corrected chi connectivity index (χ3v) is 4.80. The first kappa shape index (κ1) is 19.6. The number of sulfonamides is 1. The van der Waals surface area contributed by atoms with Crippen molar-refractivity contribution in [3.05, 3.63) is 48.0 Å². The Morgan fingerprint density at radius 3 is 2.27 bits per heavy atom. The Labute approximate surface area is 153 Å². The standard InChI is InChI=1S/C18H22N2O5S/c1-13-5-7-14(8-6-13)19-18(21)12-20(26(4,22)23)16-11-15(24-2)9-10-17(16)25-3/h5-11H,12H2,1-4H3,(H,19,21). The first-order valence-corrected chi connectivity index (χ1v) is 9.65. The number of rotatable bonds is 7. The van der Waals surface area contributed by atoms with E-state index in [1.54, 1.807) is 24.3 Å². The summed E-state index contributed by atoms with van der Waals surface area (Å²) in [5, 5.41) is 2.69. The first-order chi connectivity index (χ1) is 12.2. The van der Waals surface area contributed by atoms with Gasteiger partial charge in [-0.15, -0.1) is 0 Å². The lowest BCUT2D eigenvalue weighted by Gasteiger charge is -2.24. The van der Waals surface area contributed by atoms with Crippen molar-refractivity contribution in [2.45, 2.75) is 6.92 Å². The molecule has 0 radical (unpaired) electrons. The molecule has 0 spiro atoms. The highest BCUT2D eigenvalue weighted by Crippen LogP contribution is 2.33.